The van der Waals surface area contributed by atoms with E-state index in [9.17, 15) is 13.2 Å². The Kier molecular flexibility index (Phi) is 7.20. The first-order chi connectivity index (χ1) is 14.8. The molecular weight excluding hydrogens is 436 g/mol. The van der Waals surface area contributed by atoms with Crippen LogP contribution in [0.2, 0.25) is 5.02 Å². The Morgan fingerprint density at radius 2 is 1.61 bits per heavy atom. The number of amides is 1. The fourth-order valence-electron chi connectivity index (χ4n) is 3.16. The molecule has 0 aromatic heterocycles. The van der Waals surface area contributed by atoms with Crippen LogP contribution in [0.5, 0.6) is 5.75 Å². The van der Waals surface area contributed by atoms with Gasteiger partial charge in [-0.15, -0.1) is 0 Å². The Hall–Kier alpha value is -3.03. The number of carbonyl (C=O) groups is 1. The van der Waals surface area contributed by atoms with Crippen LogP contribution >= 0.6 is 11.6 Å². The Morgan fingerprint density at radius 3 is 2.26 bits per heavy atom. The number of nitrogens with one attached hydrogen (secondary N) is 1. The van der Waals surface area contributed by atoms with Crippen molar-refractivity contribution in [2.24, 2.45) is 0 Å². The summed E-state index contributed by atoms with van der Waals surface area (Å²) in [5.41, 5.74) is 1.13. The predicted molar refractivity (Wildman–Crippen MR) is 122 cm³/mol. The minimum absolute atomic E-state index is 0.0931. The van der Waals surface area contributed by atoms with Crippen molar-refractivity contribution in [3.05, 3.63) is 89.4 Å². The van der Waals surface area contributed by atoms with Crippen LogP contribution in [-0.4, -0.2) is 28.0 Å². The first-order valence-electron chi connectivity index (χ1n) is 9.58. The first kappa shape index (κ1) is 22.7. The lowest BCUT2D eigenvalue weighted by molar-refractivity contribution is -0.120. The summed E-state index contributed by atoms with van der Waals surface area (Å²) in [7, 11) is -2.41. The zero-order chi connectivity index (χ0) is 22.4. The van der Waals surface area contributed by atoms with Crippen LogP contribution in [0.4, 0.5) is 5.69 Å². The van der Waals surface area contributed by atoms with Crippen LogP contribution in [0, 0.1) is 0 Å². The smallest absolute Gasteiger partial charge is 0.264 e. The fourth-order valence-corrected chi connectivity index (χ4v) is 4.73. The molecule has 0 aliphatic rings. The van der Waals surface area contributed by atoms with Crippen molar-refractivity contribution in [2.45, 2.75) is 17.9 Å². The topological polar surface area (TPSA) is 75.7 Å². The fraction of sp³-hybridized carbons (Fsp3) is 0.174. The summed E-state index contributed by atoms with van der Waals surface area (Å²) >= 11 is 5.96. The molecule has 3 aromatic carbocycles. The number of nitrogens with zero attached hydrogens (tertiary/aromatic N) is 1. The molecule has 0 aliphatic carbocycles. The van der Waals surface area contributed by atoms with Gasteiger partial charge in [0, 0.05) is 10.6 Å². The minimum Gasteiger partial charge on any atom is -0.496 e. The van der Waals surface area contributed by atoms with E-state index in [2.05, 4.69) is 5.32 Å². The molecule has 1 amide bonds. The maximum absolute atomic E-state index is 13.3. The Bertz CT molecular complexity index is 1140. The highest BCUT2D eigenvalue weighted by molar-refractivity contribution is 7.92. The van der Waals surface area contributed by atoms with Crippen molar-refractivity contribution in [2.75, 3.05) is 18.0 Å². The van der Waals surface area contributed by atoms with Gasteiger partial charge in [0.25, 0.3) is 10.0 Å². The van der Waals surface area contributed by atoms with Crippen LogP contribution in [0.1, 0.15) is 18.5 Å². The molecule has 0 saturated heterocycles. The predicted octanol–water partition coefficient (Wildman–Crippen LogP) is 4.42. The van der Waals surface area contributed by atoms with Gasteiger partial charge < -0.3 is 10.1 Å². The largest absolute Gasteiger partial charge is 0.496 e. The van der Waals surface area contributed by atoms with Crippen LogP contribution in [0.15, 0.2) is 83.8 Å². The molecule has 0 spiro atoms. The lowest BCUT2D eigenvalue weighted by Gasteiger charge is -2.25. The van der Waals surface area contributed by atoms with E-state index in [1.807, 2.05) is 25.1 Å². The van der Waals surface area contributed by atoms with E-state index in [4.69, 9.17) is 16.3 Å². The molecular formula is C23H23ClN2O4S. The maximum Gasteiger partial charge on any atom is 0.264 e. The van der Waals surface area contributed by atoms with Crippen LogP contribution in [0.3, 0.4) is 0 Å². The van der Waals surface area contributed by atoms with E-state index >= 15 is 0 Å². The lowest BCUT2D eigenvalue weighted by Crippen LogP contribution is -2.41. The minimum atomic E-state index is -3.97. The summed E-state index contributed by atoms with van der Waals surface area (Å²) < 4.78 is 33.0. The number of benzene rings is 3. The highest BCUT2D eigenvalue weighted by Crippen LogP contribution is 2.26. The van der Waals surface area contributed by atoms with Gasteiger partial charge >= 0.3 is 0 Å². The van der Waals surface area contributed by atoms with Gasteiger partial charge in [0.15, 0.2) is 0 Å². The monoisotopic (exact) mass is 458 g/mol. The molecule has 6 nitrogen and oxygen atoms in total. The Balaban J connectivity index is 1.88. The summed E-state index contributed by atoms with van der Waals surface area (Å²) in [4.78, 5) is 13.0. The normalized spacial score (nSPS) is 12.1. The second-order valence-corrected chi connectivity index (χ2v) is 9.13. The average molecular weight is 459 g/mol. The summed E-state index contributed by atoms with van der Waals surface area (Å²) in [6.07, 6.45) is 0. The molecule has 162 valence electrons. The van der Waals surface area contributed by atoms with Gasteiger partial charge in [-0.05, 0) is 49.4 Å². The Morgan fingerprint density at radius 1 is 1.00 bits per heavy atom. The van der Waals surface area contributed by atoms with Crippen LogP contribution in [-0.2, 0) is 14.8 Å². The molecule has 0 bridgehead atoms. The third-order valence-corrected chi connectivity index (χ3v) is 6.76. The van der Waals surface area contributed by atoms with E-state index in [0.717, 1.165) is 9.87 Å². The molecule has 0 heterocycles. The molecule has 1 atom stereocenters. The molecule has 0 radical (unpaired) electrons. The van der Waals surface area contributed by atoms with E-state index in [0.29, 0.717) is 16.5 Å². The standard InChI is InChI=1S/C23H23ClN2O4S/c1-17(21-10-6-7-11-22(21)30-2)25-23(27)16-26(19-14-12-18(24)13-15-19)31(28,29)20-8-4-3-5-9-20/h3-15,17H,16H2,1-2H3,(H,25,27). The zero-order valence-corrected chi connectivity index (χ0v) is 18.7. The van der Waals surface area contributed by atoms with E-state index in [1.165, 1.54) is 12.1 Å². The van der Waals surface area contributed by atoms with Crippen LogP contribution < -0.4 is 14.4 Å². The number of ether oxygens (including phenoxy) is 1. The molecule has 0 saturated carbocycles. The highest BCUT2D eigenvalue weighted by Gasteiger charge is 2.27. The Labute approximate surface area is 187 Å². The number of para-hydroxylation sites is 1. The van der Waals surface area contributed by atoms with Crippen molar-refractivity contribution < 1.29 is 17.9 Å². The number of halogens is 1. The number of rotatable bonds is 8. The van der Waals surface area contributed by atoms with Crippen molar-refractivity contribution in [3.8, 4) is 5.75 Å². The highest BCUT2D eigenvalue weighted by atomic mass is 35.5. The number of carbonyl (C=O) groups excluding carboxylic acids is 1. The second-order valence-electron chi connectivity index (χ2n) is 6.83. The molecule has 3 rings (SSSR count). The van der Waals surface area contributed by atoms with Gasteiger partial charge in [-0.25, -0.2) is 8.42 Å². The molecule has 3 aromatic rings. The van der Waals surface area contributed by atoms with Crippen LogP contribution in [0.25, 0.3) is 0 Å². The molecule has 1 unspecified atom stereocenters. The van der Waals surface area contributed by atoms with Crippen molar-refractivity contribution in [1.29, 1.82) is 0 Å². The summed E-state index contributed by atoms with van der Waals surface area (Å²) in [6, 6.07) is 21.3. The molecule has 1 N–H and O–H groups in total. The van der Waals surface area contributed by atoms with Crippen molar-refractivity contribution >= 4 is 33.2 Å². The zero-order valence-electron chi connectivity index (χ0n) is 17.2. The molecule has 8 heteroatoms. The summed E-state index contributed by atoms with van der Waals surface area (Å²) in [5, 5.41) is 3.32. The molecule has 0 aliphatic heterocycles. The van der Waals surface area contributed by atoms with Gasteiger partial charge in [0.1, 0.15) is 12.3 Å². The van der Waals surface area contributed by atoms with E-state index in [-0.39, 0.29) is 10.9 Å². The number of sulfonamides is 1. The lowest BCUT2D eigenvalue weighted by atomic mass is 10.1. The third kappa shape index (κ3) is 5.37. The number of hydrogen-bond donors (Lipinski definition) is 1. The number of hydrogen-bond acceptors (Lipinski definition) is 4. The third-order valence-electron chi connectivity index (χ3n) is 4.72. The van der Waals surface area contributed by atoms with Gasteiger partial charge in [0.05, 0.1) is 23.7 Å². The quantitative estimate of drug-likeness (QED) is 0.542. The molecule has 31 heavy (non-hydrogen) atoms. The summed E-state index contributed by atoms with van der Waals surface area (Å²) in [5.74, 6) is 0.189. The number of anilines is 1. The van der Waals surface area contributed by atoms with Gasteiger partial charge in [-0.2, -0.15) is 0 Å². The first-order valence-corrected chi connectivity index (χ1v) is 11.4. The molecule has 0 fully saturated rings. The summed E-state index contributed by atoms with van der Waals surface area (Å²) in [6.45, 7) is 1.42. The van der Waals surface area contributed by atoms with Gasteiger partial charge in [-0.1, -0.05) is 48.0 Å². The number of methoxy groups -OCH3 is 1. The second kappa shape index (κ2) is 9.85. The van der Waals surface area contributed by atoms with E-state index < -0.39 is 22.5 Å². The average Bonchev–Trinajstić information content (AvgIpc) is 2.78. The van der Waals surface area contributed by atoms with Crippen molar-refractivity contribution in [3.63, 3.8) is 0 Å². The van der Waals surface area contributed by atoms with E-state index in [1.54, 1.807) is 55.6 Å². The van der Waals surface area contributed by atoms with Gasteiger partial charge in [0.2, 0.25) is 5.91 Å². The van der Waals surface area contributed by atoms with Gasteiger partial charge in [-0.3, -0.25) is 9.10 Å². The van der Waals surface area contributed by atoms with Crippen molar-refractivity contribution in [1.82, 2.24) is 5.32 Å². The SMILES string of the molecule is COc1ccccc1C(C)NC(=O)CN(c1ccc(Cl)cc1)S(=O)(=O)c1ccccc1. The maximum atomic E-state index is 13.3.